The quantitative estimate of drug-likeness (QED) is 0.546. The van der Waals surface area contributed by atoms with Crippen LogP contribution < -0.4 is 5.32 Å². The summed E-state index contributed by atoms with van der Waals surface area (Å²) in [5.74, 6) is 0.527. The Morgan fingerprint density at radius 2 is 1.71 bits per heavy atom. The predicted molar refractivity (Wildman–Crippen MR) is 84.5 cm³/mol. The third-order valence-corrected chi connectivity index (χ3v) is 5.34. The lowest BCUT2D eigenvalue weighted by Crippen LogP contribution is -2.46. The summed E-state index contributed by atoms with van der Waals surface area (Å²) in [5.41, 5.74) is 0. The second-order valence-electron chi connectivity index (χ2n) is 5.29. The van der Waals surface area contributed by atoms with Gasteiger partial charge in [-0.3, -0.25) is 4.90 Å². The van der Waals surface area contributed by atoms with Crippen LogP contribution in [0.25, 0.3) is 0 Å². The molecule has 21 heavy (non-hydrogen) atoms. The summed E-state index contributed by atoms with van der Waals surface area (Å²) in [6.45, 7) is 10.0. The molecule has 0 saturated carbocycles. The van der Waals surface area contributed by atoms with E-state index in [1.165, 1.54) is 0 Å². The van der Waals surface area contributed by atoms with Gasteiger partial charge in [-0.25, -0.2) is 8.42 Å². The highest BCUT2D eigenvalue weighted by atomic mass is 32.2. The molecular weight excluding hydrogens is 292 g/mol. The van der Waals surface area contributed by atoms with Gasteiger partial charge in [0.2, 0.25) is 0 Å². The molecule has 0 amide bonds. The van der Waals surface area contributed by atoms with Crippen LogP contribution >= 0.6 is 0 Å². The zero-order valence-electron chi connectivity index (χ0n) is 13.3. The molecule has 1 rings (SSSR count). The molecule has 1 N–H and O–H groups in total. The van der Waals surface area contributed by atoms with Gasteiger partial charge in [0.05, 0.1) is 24.7 Å². The average Bonchev–Trinajstić information content (AvgIpc) is 2.43. The minimum Gasteiger partial charge on any atom is -0.380 e. The lowest BCUT2D eigenvalue weighted by atomic mass is 10.2. The van der Waals surface area contributed by atoms with Crippen molar-refractivity contribution in [3.63, 3.8) is 0 Å². The predicted octanol–water partition coefficient (Wildman–Crippen LogP) is 0.138. The molecule has 0 aliphatic carbocycles. The maximum Gasteiger partial charge on any atom is 0.153 e. The Hall–Kier alpha value is -0.210. The van der Waals surface area contributed by atoms with Gasteiger partial charge in [0.1, 0.15) is 0 Å². The van der Waals surface area contributed by atoms with Crippen molar-refractivity contribution in [1.29, 1.82) is 0 Å². The number of nitrogens with zero attached hydrogens (tertiary/aromatic N) is 1. The normalized spacial score (nSPS) is 21.8. The third kappa shape index (κ3) is 8.73. The zero-order valence-corrected chi connectivity index (χ0v) is 14.2. The van der Waals surface area contributed by atoms with Crippen LogP contribution in [0.2, 0.25) is 0 Å². The maximum atomic E-state index is 11.6. The van der Waals surface area contributed by atoms with Crippen LogP contribution in [0.15, 0.2) is 0 Å². The molecule has 6 nitrogen and oxygen atoms in total. The summed E-state index contributed by atoms with van der Waals surface area (Å²) >= 11 is 0. The second-order valence-corrected chi connectivity index (χ2v) is 7.52. The standard InChI is InChI=1S/C14H30N2O4S/c1-3-19-10-8-16(9-11-20-4-2)7-5-14-13-21(17,18)12-6-15-14/h14-15H,3-13H2,1-2H3. The topological polar surface area (TPSA) is 67.9 Å². The highest BCUT2D eigenvalue weighted by Crippen LogP contribution is 2.06. The number of rotatable bonds is 11. The fourth-order valence-electron chi connectivity index (χ4n) is 2.40. The molecule has 1 unspecified atom stereocenters. The van der Waals surface area contributed by atoms with E-state index in [2.05, 4.69) is 10.2 Å². The summed E-state index contributed by atoms with van der Waals surface area (Å²) in [6.07, 6.45) is 0.845. The molecule has 1 saturated heterocycles. The van der Waals surface area contributed by atoms with E-state index in [4.69, 9.17) is 9.47 Å². The number of nitrogens with one attached hydrogen (secondary N) is 1. The molecular formula is C14H30N2O4S. The van der Waals surface area contributed by atoms with Crippen LogP contribution in [0.5, 0.6) is 0 Å². The van der Waals surface area contributed by atoms with Gasteiger partial charge in [0.15, 0.2) is 9.84 Å². The fraction of sp³-hybridized carbons (Fsp3) is 1.00. The third-order valence-electron chi connectivity index (χ3n) is 3.61. The zero-order chi connectivity index (χ0) is 15.6. The van der Waals surface area contributed by atoms with Gasteiger partial charge in [-0.2, -0.15) is 0 Å². The van der Waals surface area contributed by atoms with Crippen molar-refractivity contribution >= 4 is 9.84 Å². The van der Waals surface area contributed by atoms with E-state index in [9.17, 15) is 8.42 Å². The summed E-state index contributed by atoms with van der Waals surface area (Å²) in [5, 5.41) is 3.30. The largest absolute Gasteiger partial charge is 0.380 e. The average molecular weight is 322 g/mol. The first-order chi connectivity index (χ1) is 10.1. The van der Waals surface area contributed by atoms with Crippen LogP contribution in [0.4, 0.5) is 0 Å². The first-order valence-corrected chi connectivity index (χ1v) is 9.71. The minimum absolute atomic E-state index is 0.0745. The molecule has 0 aromatic carbocycles. The molecule has 0 aromatic rings. The van der Waals surface area contributed by atoms with E-state index in [0.29, 0.717) is 19.8 Å². The Bertz CT molecular complexity index is 352. The van der Waals surface area contributed by atoms with Crippen molar-refractivity contribution in [3.8, 4) is 0 Å². The van der Waals surface area contributed by atoms with Crippen molar-refractivity contribution in [3.05, 3.63) is 0 Å². The van der Waals surface area contributed by atoms with Crippen LogP contribution in [-0.2, 0) is 19.3 Å². The van der Waals surface area contributed by atoms with Crippen molar-refractivity contribution in [2.24, 2.45) is 0 Å². The maximum absolute atomic E-state index is 11.6. The monoisotopic (exact) mass is 322 g/mol. The van der Waals surface area contributed by atoms with Gasteiger partial charge in [-0.05, 0) is 26.8 Å². The van der Waals surface area contributed by atoms with Crippen molar-refractivity contribution in [2.45, 2.75) is 26.3 Å². The lowest BCUT2D eigenvalue weighted by Gasteiger charge is -2.27. The van der Waals surface area contributed by atoms with Gasteiger partial charge < -0.3 is 14.8 Å². The van der Waals surface area contributed by atoms with Gasteiger partial charge in [-0.1, -0.05) is 0 Å². The second kappa shape index (κ2) is 10.5. The Labute approximate surface area is 129 Å². The first-order valence-electron chi connectivity index (χ1n) is 7.89. The van der Waals surface area contributed by atoms with Crippen molar-refractivity contribution in [2.75, 3.05) is 64.1 Å². The molecule has 0 spiro atoms. The molecule has 1 heterocycles. The Morgan fingerprint density at radius 3 is 2.24 bits per heavy atom. The summed E-state index contributed by atoms with van der Waals surface area (Å²) < 4.78 is 34.1. The SMILES string of the molecule is CCOCCN(CCOCC)CCC1CS(=O)(=O)CCN1. The number of sulfone groups is 1. The fourth-order valence-corrected chi connectivity index (χ4v) is 3.90. The number of ether oxygens (including phenoxy) is 2. The Morgan fingerprint density at radius 1 is 1.10 bits per heavy atom. The number of hydrogen-bond donors (Lipinski definition) is 1. The number of hydrogen-bond acceptors (Lipinski definition) is 6. The van der Waals surface area contributed by atoms with Crippen LogP contribution in [0.1, 0.15) is 20.3 Å². The molecule has 1 fully saturated rings. The highest BCUT2D eigenvalue weighted by Gasteiger charge is 2.24. The van der Waals surface area contributed by atoms with E-state index >= 15 is 0 Å². The molecule has 0 aromatic heterocycles. The first kappa shape index (κ1) is 18.8. The molecule has 7 heteroatoms. The highest BCUT2D eigenvalue weighted by molar-refractivity contribution is 7.91. The van der Waals surface area contributed by atoms with E-state index < -0.39 is 9.84 Å². The van der Waals surface area contributed by atoms with Crippen LogP contribution in [0.3, 0.4) is 0 Å². The van der Waals surface area contributed by atoms with E-state index in [-0.39, 0.29) is 17.5 Å². The van der Waals surface area contributed by atoms with Gasteiger partial charge in [0.25, 0.3) is 0 Å². The summed E-state index contributed by atoms with van der Waals surface area (Å²) in [4.78, 5) is 2.29. The summed E-state index contributed by atoms with van der Waals surface area (Å²) in [7, 11) is -2.85. The van der Waals surface area contributed by atoms with Crippen molar-refractivity contribution < 1.29 is 17.9 Å². The Balaban J connectivity index is 2.32. The molecule has 1 aliphatic rings. The van der Waals surface area contributed by atoms with Crippen LogP contribution in [-0.4, -0.2) is 83.5 Å². The van der Waals surface area contributed by atoms with Crippen LogP contribution in [0, 0.1) is 0 Å². The lowest BCUT2D eigenvalue weighted by molar-refractivity contribution is 0.0812. The minimum atomic E-state index is -2.85. The Kier molecular flexibility index (Phi) is 9.42. The summed E-state index contributed by atoms with van der Waals surface area (Å²) in [6, 6.07) is 0.0745. The van der Waals surface area contributed by atoms with Gasteiger partial charge in [-0.15, -0.1) is 0 Å². The molecule has 0 radical (unpaired) electrons. The smallest absolute Gasteiger partial charge is 0.153 e. The van der Waals surface area contributed by atoms with Crippen molar-refractivity contribution in [1.82, 2.24) is 10.2 Å². The molecule has 1 aliphatic heterocycles. The van der Waals surface area contributed by atoms with E-state index in [0.717, 1.165) is 39.3 Å². The molecule has 126 valence electrons. The van der Waals surface area contributed by atoms with E-state index in [1.54, 1.807) is 0 Å². The van der Waals surface area contributed by atoms with Gasteiger partial charge >= 0.3 is 0 Å². The molecule has 0 bridgehead atoms. The molecule has 1 atom stereocenters. The van der Waals surface area contributed by atoms with Gasteiger partial charge in [0, 0.05) is 38.9 Å². The van der Waals surface area contributed by atoms with E-state index in [1.807, 2.05) is 13.8 Å².